The van der Waals surface area contributed by atoms with Gasteiger partial charge < -0.3 is 9.67 Å². The van der Waals surface area contributed by atoms with E-state index in [1.807, 2.05) is 0 Å². The molecule has 0 radical (unpaired) electrons. The summed E-state index contributed by atoms with van der Waals surface area (Å²) in [5.74, 6) is -0.924. The van der Waals surface area contributed by atoms with Gasteiger partial charge in [0, 0.05) is 18.5 Å². The summed E-state index contributed by atoms with van der Waals surface area (Å²) >= 11 is 5.71. The summed E-state index contributed by atoms with van der Waals surface area (Å²) in [7, 11) is 1.65. The van der Waals surface area contributed by atoms with Crippen LogP contribution in [-0.2, 0) is 7.05 Å². The maximum Gasteiger partial charge on any atom is 0.295 e. The number of nitro groups is 1. The zero-order valence-corrected chi connectivity index (χ0v) is 13.6. The number of hydrogen-bond acceptors (Lipinski definition) is 5. The molecule has 0 saturated carbocycles. The second kappa shape index (κ2) is 6.33. The van der Waals surface area contributed by atoms with Crippen molar-refractivity contribution in [3.8, 4) is 5.88 Å². The molecule has 3 aromatic rings. The Labute approximate surface area is 146 Å². The summed E-state index contributed by atoms with van der Waals surface area (Å²) in [6.07, 6.45) is 0. The minimum atomic E-state index is -0.785. The predicted octanol–water partition coefficient (Wildman–Crippen LogP) is 4.37. The molecule has 3 rings (SSSR count). The van der Waals surface area contributed by atoms with Gasteiger partial charge in [-0.3, -0.25) is 14.9 Å². The molecule has 1 amide bonds. The van der Waals surface area contributed by atoms with Crippen LogP contribution in [0.4, 0.5) is 11.4 Å². The number of nitro benzene ring substituents is 1. The molecule has 0 aliphatic heterocycles. The number of carbonyl (C=O) groups excluding carboxylic acids is 1. The van der Waals surface area contributed by atoms with Crippen LogP contribution in [-0.4, -0.2) is 20.5 Å². The maximum absolute atomic E-state index is 12.1. The number of aryl methyl sites for hydroxylation is 1. The van der Waals surface area contributed by atoms with Crippen molar-refractivity contribution in [2.45, 2.75) is 0 Å². The summed E-state index contributed by atoms with van der Waals surface area (Å²) in [6.45, 7) is 0. The quantitative estimate of drug-likeness (QED) is 0.425. The van der Waals surface area contributed by atoms with Gasteiger partial charge in [-0.25, -0.2) is 0 Å². The molecular formula is C16H11ClN4O4. The van der Waals surface area contributed by atoms with Gasteiger partial charge in [0.05, 0.1) is 16.0 Å². The van der Waals surface area contributed by atoms with Crippen LogP contribution in [0.3, 0.4) is 0 Å². The molecule has 1 aromatic heterocycles. The Balaban J connectivity index is 1.98. The van der Waals surface area contributed by atoms with E-state index in [0.717, 1.165) is 11.6 Å². The number of nitrogens with zero attached hydrogens (tertiary/aromatic N) is 4. The molecule has 0 unspecified atom stereocenters. The van der Waals surface area contributed by atoms with E-state index in [2.05, 4.69) is 10.2 Å². The Morgan fingerprint density at radius 2 is 2.00 bits per heavy atom. The fraction of sp³-hybridized carbons (Fsp3) is 0.0625. The number of rotatable bonds is 3. The zero-order valence-electron chi connectivity index (χ0n) is 12.9. The highest BCUT2D eigenvalue weighted by Crippen LogP contribution is 2.37. The Morgan fingerprint density at radius 1 is 1.28 bits per heavy atom. The van der Waals surface area contributed by atoms with Crippen molar-refractivity contribution < 1.29 is 14.8 Å². The minimum absolute atomic E-state index is 0.0282. The highest BCUT2D eigenvalue weighted by atomic mass is 35.5. The monoisotopic (exact) mass is 358 g/mol. The second-order valence-corrected chi connectivity index (χ2v) is 5.58. The molecule has 126 valence electrons. The van der Waals surface area contributed by atoms with Crippen molar-refractivity contribution in [1.29, 1.82) is 0 Å². The van der Waals surface area contributed by atoms with Crippen LogP contribution in [0.1, 0.15) is 10.4 Å². The lowest BCUT2D eigenvalue weighted by Crippen LogP contribution is -1.97. The number of para-hydroxylation sites is 1. The molecule has 0 atom stereocenters. The van der Waals surface area contributed by atoms with Gasteiger partial charge in [-0.2, -0.15) is 0 Å². The van der Waals surface area contributed by atoms with Gasteiger partial charge in [0.2, 0.25) is 5.88 Å². The third-order valence-corrected chi connectivity index (χ3v) is 4.00. The smallest absolute Gasteiger partial charge is 0.295 e. The first kappa shape index (κ1) is 16.6. The van der Waals surface area contributed by atoms with Crippen LogP contribution in [0.2, 0.25) is 5.02 Å². The Morgan fingerprint density at radius 3 is 2.72 bits per heavy atom. The Kier molecular flexibility index (Phi) is 4.20. The summed E-state index contributed by atoms with van der Waals surface area (Å²) in [4.78, 5) is 22.3. The summed E-state index contributed by atoms with van der Waals surface area (Å²) in [5.41, 5.74) is 0.453. The average Bonchev–Trinajstić information content (AvgIpc) is 2.84. The van der Waals surface area contributed by atoms with Gasteiger partial charge in [-0.1, -0.05) is 29.8 Å². The number of carbonyl (C=O) groups is 1. The topological polar surface area (TPSA) is 110 Å². The van der Waals surface area contributed by atoms with Gasteiger partial charge >= 0.3 is 0 Å². The number of aromatic hydroxyl groups is 1. The highest BCUT2D eigenvalue weighted by Gasteiger charge is 2.17. The summed E-state index contributed by atoms with van der Waals surface area (Å²) in [6, 6.07) is 10.7. The summed E-state index contributed by atoms with van der Waals surface area (Å²) in [5, 5.41) is 29.0. The van der Waals surface area contributed by atoms with Crippen molar-refractivity contribution in [3.63, 3.8) is 0 Å². The Hall–Kier alpha value is -3.26. The van der Waals surface area contributed by atoms with Gasteiger partial charge in [-0.05, 0) is 18.2 Å². The number of azo groups is 1. The van der Waals surface area contributed by atoms with Gasteiger partial charge in [-0.15, -0.1) is 10.2 Å². The van der Waals surface area contributed by atoms with E-state index in [9.17, 15) is 20.0 Å². The van der Waals surface area contributed by atoms with E-state index in [4.69, 9.17) is 11.6 Å². The molecule has 1 heterocycles. The van der Waals surface area contributed by atoms with Gasteiger partial charge in [0.1, 0.15) is 5.02 Å². The van der Waals surface area contributed by atoms with Crippen molar-refractivity contribution in [2.24, 2.45) is 17.3 Å². The van der Waals surface area contributed by atoms with E-state index in [-0.39, 0.29) is 22.2 Å². The number of amides is 1. The molecule has 9 heteroatoms. The van der Waals surface area contributed by atoms with Crippen molar-refractivity contribution >= 4 is 39.8 Å². The molecule has 0 aliphatic carbocycles. The van der Waals surface area contributed by atoms with E-state index < -0.39 is 16.5 Å². The molecule has 1 N–H and O–H groups in total. The lowest BCUT2D eigenvalue weighted by Gasteiger charge is -1.98. The minimum Gasteiger partial charge on any atom is -0.493 e. The molecule has 0 aliphatic rings. The van der Waals surface area contributed by atoms with E-state index in [1.165, 1.54) is 16.7 Å². The first-order valence-corrected chi connectivity index (χ1v) is 7.44. The maximum atomic E-state index is 12.1. The molecule has 8 nitrogen and oxygen atoms in total. The van der Waals surface area contributed by atoms with Crippen LogP contribution in [0.25, 0.3) is 10.9 Å². The van der Waals surface area contributed by atoms with Gasteiger partial charge in [0.15, 0.2) is 5.69 Å². The predicted molar refractivity (Wildman–Crippen MR) is 91.5 cm³/mol. The first-order valence-electron chi connectivity index (χ1n) is 7.06. The fourth-order valence-electron chi connectivity index (χ4n) is 2.40. The van der Waals surface area contributed by atoms with Crippen LogP contribution in [0.5, 0.6) is 5.88 Å². The molecule has 2 aromatic carbocycles. The van der Waals surface area contributed by atoms with Crippen molar-refractivity contribution in [2.75, 3.05) is 0 Å². The van der Waals surface area contributed by atoms with Crippen LogP contribution in [0.15, 0.2) is 52.7 Å². The SMILES string of the molecule is Cn1c(O)c(N=NC(=O)c2ccc(Cl)c([N+](=O)[O-])c2)c2ccccc21. The van der Waals surface area contributed by atoms with E-state index in [0.29, 0.717) is 5.39 Å². The van der Waals surface area contributed by atoms with Crippen molar-refractivity contribution in [3.05, 3.63) is 63.2 Å². The van der Waals surface area contributed by atoms with E-state index >= 15 is 0 Å². The Bertz CT molecular complexity index is 1040. The van der Waals surface area contributed by atoms with Crippen LogP contribution < -0.4 is 0 Å². The third kappa shape index (κ3) is 2.94. The molecule has 0 saturated heterocycles. The van der Waals surface area contributed by atoms with Gasteiger partial charge in [0.25, 0.3) is 11.6 Å². The standard InChI is InChI=1S/C16H11ClN4O4/c1-20-12-5-3-2-4-10(12)14(16(20)23)18-19-15(22)9-6-7-11(17)13(8-9)21(24)25/h2-8,23H,1H3. The molecule has 0 fully saturated rings. The number of aromatic nitrogens is 1. The van der Waals surface area contributed by atoms with Crippen LogP contribution >= 0.6 is 11.6 Å². The largest absolute Gasteiger partial charge is 0.493 e. The molecule has 0 spiro atoms. The molecule has 0 bridgehead atoms. The number of fused-ring (bicyclic) bond motifs is 1. The normalized spacial score (nSPS) is 11.3. The molecule has 25 heavy (non-hydrogen) atoms. The fourth-order valence-corrected chi connectivity index (χ4v) is 2.58. The zero-order chi connectivity index (χ0) is 18.1. The number of hydrogen-bond donors (Lipinski definition) is 1. The third-order valence-electron chi connectivity index (χ3n) is 3.68. The first-order chi connectivity index (χ1) is 11.9. The molecular weight excluding hydrogens is 348 g/mol. The van der Waals surface area contributed by atoms with Crippen molar-refractivity contribution in [1.82, 2.24) is 4.57 Å². The summed E-state index contributed by atoms with van der Waals surface area (Å²) < 4.78 is 1.52. The highest BCUT2D eigenvalue weighted by molar-refractivity contribution is 6.32. The van der Waals surface area contributed by atoms with Crippen LogP contribution in [0, 0.1) is 10.1 Å². The number of halogens is 1. The average molecular weight is 359 g/mol. The lowest BCUT2D eigenvalue weighted by atomic mass is 10.2. The second-order valence-electron chi connectivity index (χ2n) is 5.18. The number of benzene rings is 2. The van der Waals surface area contributed by atoms with E-state index in [1.54, 1.807) is 31.3 Å². The lowest BCUT2D eigenvalue weighted by molar-refractivity contribution is -0.384.